The maximum absolute atomic E-state index is 4.33. The van der Waals surface area contributed by atoms with Gasteiger partial charge in [0, 0.05) is 56.4 Å². The van der Waals surface area contributed by atoms with Gasteiger partial charge in [0.05, 0.1) is 6.54 Å². The molecular formula is C20H30IN5S. The molecule has 2 aromatic rings. The molecule has 0 aliphatic carbocycles. The summed E-state index contributed by atoms with van der Waals surface area (Å²) in [6.45, 7) is 8.37. The average Bonchev–Trinajstić information content (AvgIpc) is 3.22. The lowest BCUT2D eigenvalue weighted by Gasteiger charge is -2.39. The first kappa shape index (κ1) is 22.0. The second-order valence-electron chi connectivity index (χ2n) is 6.59. The Morgan fingerprint density at radius 3 is 2.44 bits per heavy atom. The van der Waals surface area contributed by atoms with Gasteiger partial charge in [-0.2, -0.15) is 0 Å². The molecule has 2 N–H and O–H groups in total. The summed E-state index contributed by atoms with van der Waals surface area (Å²) in [4.78, 5) is 10.7. The van der Waals surface area contributed by atoms with E-state index >= 15 is 0 Å². The van der Waals surface area contributed by atoms with Crippen LogP contribution in [0.3, 0.4) is 0 Å². The van der Waals surface area contributed by atoms with E-state index in [9.17, 15) is 0 Å². The van der Waals surface area contributed by atoms with Crippen molar-refractivity contribution in [3.63, 3.8) is 0 Å². The first-order valence-electron chi connectivity index (χ1n) is 9.27. The van der Waals surface area contributed by atoms with Crippen LogP contribution in [0.25, 0.3) is 0 Å². The summed E-state index contributed by atoms with van der Waals surface area (Å²) in [6.07, 6.45) is 0. The molecule has 0 spiro atoms. The van der Waals surface area contributed by atoms with Crippen molar-refractivity contribution < 1.29 is 0 Å². The molecule has 1 saturated heterocycles. The number of rotatable bonds is 6. The number of hydrogen-bond donors (Lipinski definition) is 2. The average molecular weight is 499 g/mol. The van der Waals surface area contributed by atoms with Crippen molar-refractivity contribution in [2.75, 3.05) is 44.7 Å². The second-order valence-corrected chi connectivity index (χ2v) is 7.63. The Kier molecular flexibility index (Phi) is 9.36. The summed E-state index contributed by atoms with van der Waals surface area (Å²) < 4.78 is 0. The summed E-state index contributed by atoms with van der Waals surface area (Å²) in [5, 5.41) is 8.94. The summed E-state index contributed by atoms with van der Waals surface area (Å²) in [5.41, 5.74) is 1.33. The van der Waals surface area contributed by atoms with Gasteiger partial charge in [-0.25, -0.2) is 0 Å². The minimum Gasteiger partial charge on any atom is -0.369 e. The van der Waals surface area contributed by atoms with Crippen LogP contribution in [0.2, 0.25) is 0 Å². The van der Waals surface area contributed by atoms with E-state index in [1.807, 2.05) is 7.05 Å². The van der Waals surface area contributed by atoms with E-state index in [4.69, 9.17) is 0 Å². The first-order chi connectivity index (χ1) is 12.8. The number of anilines is 1. The van der Waals surface area contributed by atoms with Gasteiger partial charge in [-0.1, -0.05) is 24.3 Å². The molecular weight excluding hydrogens is 469 g/mol. The highest BCUT2D eigenvalue weighted by Gasteiger charge is 2.21. The molecule has 1 aliphatic heterocycles. The fourth-order valence-corrected chi connectivity index (χ4v) is 3.88. The van der Waals surface area contributed by atoms with Crippen LogP contribution in [0.1, 0.15) is 11.8 Å². The summed E-state index contributed by atoms with van der Waals surface area (Å²) >= 11 is 1.76. The quantitative estimate of drug-likeness (QED) is 0.364. The highest BCUT2D eigenvalue weighted by molar-refractivity contribution is 14.0. The van der Waals surface area contributed by atoms with Crippen LogP contribution in [0, 0.1) is 0 Å². The number of nitrogens with one attached hydrogen (secondary N) is 2. The molecule has 27 heavy (non-hydrogen) atoms. The monoisotopic (exact) mass is 499 g/mol. The van der Waals surface area contributed by atoms with E-state index in [2.05, 4.69) is 80.2 Å². The van der Waals surface area contributed by atoms with Crippen LogP contribution >= 0.6 is 35.3 Å². The zero-order valence-electron chi connectivity index (χ0n) is 16.1. The zero-order chi connectivity index (χ0) is 18.2. The van der Waals surface area contributed by atoms with Crippen molar-refractivity contribution in [1.82, 2.24) is 15.5 Å². The van der Waals surface area contributed by atoms with Crippen LogP contribution in [0.4, 0.5) is 5.69 Å². The molecule has 1 aliphatic rings. The van der Waals surface area contributed by atoms with Gasteiger partial charge in [-0.3, -0.25) is 9.89 Å². The fraction of sp³-hybridized carbons (Fsp3) is 0.450. The van der Waals surface area contributed by atoms with Gasteiger partial charge in [0.2, 0.25) is 0 Å². The van der Waals surface area contributed by atoms with Gasteiger partial charge in [-0.05, 0) is 30.5 Å². The predicted octanol–water partition coefficient (Wildman–Crippen LogP) is 3.24. The zero-order valence-corrected chi connectivity index (χ0v) is 19.2. The second kappa shape index (κ2) is 11.5. The number of benzene rings is 1. The number of halogens is 1. The van der Waals surface area contributed by atoms with Crippen molar-refractivity contribution in [1.29, 1.82) is 0 Å². The number of para-hydroxylation sites is 1. The minimum absolute atomic E-state index is 0. The van der Waals surface area contributed by atoms with E-state index in [0.717, 1.165) is 45.2 Å². The third-order valence-corrected chi connectivity index (χ3v) is 5.73. The third-order valence-electron chi connectivity index (χ3n) is 4.86. The van der Waals surface area contributed by atoms with Gasteiger partial charge in [-0.15, -0.1) is 35.3 Å². The lowest BCUT2D eigenvalue weighted by Crippen LogP contribution is -2.53. The number of guanidine groups is 1. The van der Waals surface area contributed by atoms with Crippen LogP contribution in [-0.4, -0.2) is 56.7 Å². The Hall–Kier alpha value is -1.32. The van der Waals surface area contributed by atoms with E-state index in [1.54, 1.807) is 11.3 Å². The number of thiophene rings is 1. The molecule has 1 aromatic carbocycles. The molecule has 2 heterocycles. The molecule has 0 bridgehead atoms. The van der Waals surface area contributed by atoms with Crippen molar-refractivity contribution in [2.24, 2.45) is 4.99 Å². The van der Waals surface area contributed by atoms with Crippen LogP contribution in [-0.2, 0) is 6.54 Å². The molecule has 1 unspecified atom stereocenters. The Balaban J connectivity index is 0.00000261. The molecule has 1 atom stereocenters. The van der Waals surface area contributed by atoms with E-state index in [1.165, 1.54) is 10.6 Å². The lowest BCUT2D eigenvalue weighted by atomic mass is 10.2. The minimum atomic E-state index is 0. The standard InChI is InChI=1S/C20H29N5S.HI/c1-17(15-22-20(21-2)23-16-19-9-6-14-26-19)24-10-12-25(13-11-24)18-7-4-3-5-8-18;/h3-9,14,17H,10-13,15-16H2,1-2H3,(H2,21,22,23);1H. The lowest BCUT2D eigenvalue weighted by molar-refractivity contribution is 0.197. The van der Waals surface area contributed by atoms with Crippen molar-refractivity contribution in [3.8, 4) is 0 Å². The molecule has 0 amide bonds. The third kappa shape index (κ3) is 6.65. The highest BCUT2D eigenvalue weighted by Crippen LogP contribution is 2.16. The maximum Gasteiger partial charge on any atom is 0.191 e. The van der Waals surface area contributed by atoms with Crippen LogP contribution in [0.5, 0.6) is 0 Å². The number of piperazine rings is 1. The molecule has 5 nitrogen and oxygen atoms in total. The van der Waals surface area contributed by atoms with Crippen LogP contribution < -0.4 is 15.5 Å². The maximum atomic E-state index is 4.33. The molecule has 1 aromatic heterocycles. The summed E-state index contributed by atoms with van der Waals surface area (Å²) in [7, 11) is 1.83. The van der Waals surface area contributed by atoms with E-state index in [0.29, 0.717) is 6.04 Å². The van der Waals surface area contributed by atoms with E-state index < -0.39 is 0 Å². The smallest absolute Gasteiger partial charge is 0.191 e. The molecule has 1 fully saturated rings. The molecule has 148 valence electrons. The SMILES string of the molecule is CN=C(NCc1cccs1)NCC(C)N1CCN(c2ccccc2)CC1.I. The van der Waals surface area contributed by atoms with Gasteiger partial charge in [0.15, 0.2) is 5.96 Å². The number of nitrogens with zero attached hydrogens (tertiary/aromatic N) is 3. The Bertz CT molecular complexity index is 669. The summed E-state index contributed by atoms with van der Waals surface area (Å²) in [6, 6.07) is 15.4. The molecule has 0 radical (unpaired) electrons. The first-order valence-corrected chi connectivity index (χ1v) is 10.1. The van der Waals surface area contributed by atoms with Crippen molar-refractivity contribution in [2.45, 2.75) is 19.5 Å². The topological polar surface area (TPSA) is 42.9 Å². The Labute approximate surface area is 183 Å². The van der Waals surface area contributed by atoms with Gasteiger partial charge in [0.25, 0.3) is 0 Å². The number of aliphatic imine (C=N–C) groups is 1. The normalized spacial score (nSPS) is 16.5. The highest BCUT2D eigenvalue weighted by atomic mass is 127. The predicted molar refractivity (Wildman–Crippen MR) is 128 cm³/mol. The van der Waals surface area contributed by atoms with Gasteiger partial charge in [0.1, 0.15) is 0 Å². The molecule has 7 heteroatoms. The van der Waals surface area contributed by atoms with Crippen LogP contribution in [0.15, 0.2) is 52.8 Å². The molecule has 3 rings (SSSR count). The number of hydrogen-bond acceptors (Lipinski definition) is 4. The summed E-state index contributed by atoms with van der Waals surface area (Å²) in [5.74, 6) is 0.869. The van der Waals surface area contributed by atoms with Gasteiger partial charge < -0.3 is 15.5 Å². The Morgan fingerprint density at radius 2 is 1.81 bits per heavy atom. The van der Waals surface area contributed by atoms with Crippen molar-refractivity contribution in [3.05, 3.63) is 52.7 Å². The van der Waals surface area contributed by atoms with E-state index in [-0.39, 0.29) is 24.0 Å². The largest absolute Gasteiger partial charge is 0.369 e. The molecule has 0 saturated carbocycles. The van der Waals surface area contributed by atoms with Crippen molar-refractivity contribution >= 4 is 47.0 Å². The van der Waals surface area contributed by atoms with Gasteiger partial charge >= 0.3 is 0 Å². The fourth-order valence-electron chi connectivity index (χ4n) is 3.24. The Morgan fingerprint density at radius 1 is 1.07 bits per heavy atom.